The Morgan fingerprint density at radius 1 is 1.28 bits per heavy atom. The normalized spacial score (nSPS) is 26.4. The van der Waals surface area contributed by atoms with E-state index in [2.05, 4.69) is 19.3 Å². The molecule has 0 aliphatic heterocycles. The Morgan fingerprint density at radius 2 is 1.94 bits per heavy atom. The summed E-state index contributed by atoms with van der Waals surface area (Å²) in [5.41, 5.74) is 2.99. The van der Waals surface area contributed by atoms with Gasteiger partial charge < -0.3 is 4.42 Å². The van der Waals surface area contributed by atoms with Gasteiger partial charge in [-0.05, 0) is 55.6 Å². The minimum atomic E-state index is 0.351. The van der Waals surface area contributed by atoms with E-state index in [1.54, 1.807) is 6.26 Å². The van der Waals surface area contributed by atoms with Crippen LogP contribution in [0, 0.1) is 17.8 Å². The lowest BCUT2D eigenvalue weighted by Crippen LogP contribution is -2.43. The molecule has 102 valence electrons. The molecule has 0 radical (unpaired) electrons. The maximum absolute atomic E-state index is 5.72. The lowest BCUT2D eigenvalue weighted by atomic mass is 9.74. The van der Waals surface area contributed by atoms with Crippen molar-refractivity contribution in [3.63, 3.8) is 0 Å². The van der Waals surface area contributed by atoms with Crippen molar-refractivity contribution >= 4 is 0 Å². The smallest absolute Gasteiger partial charge is 0.105 e. The number of furan rings is 1. The highest BCUT2D eigenvalue weighted by molar-refractivity contribution is 5.01. The van der Waals surface area contributed by atoms with Crippen LogP contribution in [0.1, 0.15) is 45.3 Å². The van der Waals surface area contributed by atoms with Gasteiger partial charge in [0.05, 0.1) is 6.26 Å². The summed E-state index contributed by atoms with van der Waals surface area (Å²) >= 11 is 0. The van der Waals surface area contributed by atoms with Crippen molar-refractivity contribution < 1.29 is 4.42 Å². The highest BCUT2D eigenvalue weighted by Crippen LogP contribution is 2.35. The number of hydrogen-bond donors (Lipinski definition) is 2. The highest BCUT2D eigenvalue weighted by Gasteiger charge is 2.28. The second-order valence-electron chi connectivity index (χ2n) is 5.98. The van der Waals surface area contributed by atoms with Crippen LogP contribution in [0.25, 0.3) is 0 Å². The van der Waals surface area contributed by atoms with Crippen LogP contribution in [0.2, 0.25) is 0 Å². The van der Waals surface area contributed by atoms with E-state index in [9.17, 15) is 0 Å². The lowest BCUT2D eigenvalue weighted by Gasteiger charge is -2.34. The Hall–Kier alpha value is -0.800. The largest absolute Gasteiger partial charge is 0.469 e. The van der Waals surface area contributed by atoms with Crippen molar-refractivity contribution in [2.45, 2.75) is 52.0 Å². The predicted molar refractivity (Wildman–Crippen MR) is 73.8 cm³/mol. The van der Waals surface area contributed by atoms with Gasteiger partial charge in [-0.1, -0.05) is 13.8 Å². The van der Waals surface area contributed by atoms with Crippen LogP contribution < -0.4 is 11.3 Å². The first kappa shape index (κ1) is 13.6. The van der Waals surface area contributed by atoms with Crippen molar-refractivity contribution in [1.29, 1.82) is 0 Å². The van der Waals surface area contributed by atoms with Gasteiger partial charge >= 0.3 is 0 Å². The number of hydrazine groups is 1. The second-order valence-corrected chi connectivity index (χ2v) is 5.98. The third kappa shape index (κ3) is 3.36. The Balaban J connectivity index is 1.86. The van der Waals surface area contributed by atoms with Gasteiger partial charge in [-0.2, -0.15) is 0 Å². The van der Waals surface area contributed by atoms with Crippen LogP contribution in [-0.4, -0.2) is 6.04 Å². The summed E-state index contributed by atoms with van der Waals surface area (Å²) in [6, 6.07) is 4.33. The Morgan fingerprint density at radius 3 is 2.44 bits per heavy atom. The molecule has 1 unspecified atom stereocenters. The molecule has 0 amide bonds. The molecule has 0 aromatic carbocycles. The Labute approximate surface area is 110 Å². The van der Waals surface area contributed by atoms with E-state index >= 15 is 0 Å². The fourth-order valence-electron chi connectivity index (χ4n) is 3.22. The third-order valence-corrected chi connectivity index (χ3v) is 4.54. The average molecular weight is 250 g/mol. The summed E-state index contributed by atoms with van der Waals surface area (Å²) in [6.45, 7) is 4.68. The zero-order valence-corrected chi connectivity index (χ0v) is 11.6. The fourth-order valence-corrected chi connectivity index (χ4v) is 3.22. The monoisotopic (exact) mass is 250 g/mol. The van der Waals surface area contributed by atoms with Crippen molar-refractivity contribution in [3.05, 3.63) is 24.2 Å². The van der Waals surface area contributed by atoms with Gasteiger partial charge in [0, 0.05) is 12.5 Å². The van der Waals surface area contributed by atoms with E-state index in [-0.39, 0.29) is 0 Å². The number of nitrogens with one attached hydrogen (secondary N) is 1. The van der Waals surface area contributed by atoms with Gasteiger partial charge in [-0.25, -0.2) is 0 Å². The summed E-state index contributed by atoms with van der Waals surface area (Å²) < 4.78 is 5.42. The van der Waals surface area contributed by atoms with Gasteiger partial charge in [0.15, 0.2) is 0 Å². The zero-order valence-electron chi connectivity index (χ0n) is 11.6. The molecule has 1 aliphatic carbocycles. The molecule has 1 aromatic rings. The summed E-state index contributed by atoms with van der Waals surface area (Å²) in [4.78, 5) is 0. The summed E-state index contributed by atoms with van der Waals surface area (Å²) in [5.74, 6) is 9.17. The zero-order chi connectivity index (χ0) is 13.0. The first-order chi connectivity index (χ1) is 8.70. The quantitative estimate of drug-likeness (QED) is 0.623. The molecule has 1 atom stereocenters. The molecular formula is C15H26N2O. The van der Waals surface area contributed by atoms with Crippen LogP contribution in [0.5, 0.6) is 0 Å². The fraction of sp³-hybridized carbons (Fsp3) is 0.733. The third-order valence-electron chi connectivity index (χ3n) is 4.54. The second kappa shape index (κ2) is 6.39. The molecule has 1 aliphatic rings. The number of nitrogens with two attached hydrogens (primary N) is 1. The molecule has 1 fully saturated rings. The van der Waals surface area contributed by atoms with E-state index in [0.717, 1.165) is 24.0 Å². The molecule has 0 saturated heterocycles. The van der Waals surface area contributed by atoms with Crippen molar-refractivity contribution in [2.75, 3.05) is 0 Å². The molecule has 1 aromatic heterocycles. The average Bonchev–Trinajstić information content (AvgIpc) is 2.89. The molecule has 0 spiro atoms. The van der Waals surface area contributed by atoms with E-state index < -0.39 is 0 Å². The number of rotatable bonds is 5. The Kier molecular flexibility index (Phi) is 4.84. The highest BCUT2D eigenvalue weighted by atomic mass is 16.3. The van der Waals surface area contributed by atoms with Crippen LogP contribution in [0.3, 0.4) is 0 Å². The summed E-state index contributed by atoms with van der Waals surface area (Å²) in [6.07, 6.45) is 7.91. The summed E-state index contributed by atoms with van der Waals surface area (Å²) in [5, 5.41) is 0. The van der Waals surface area contributed by atoms with Gasteiger partial charge in [-0.15, -0.1) is 0 Å². The molecule has 3 nitrogen and oxygen atoms in total. The molecule has 1 heterocycles. The van der Waals surface area contributed by atoms with Crippen molar-refractivity contribution in [2.24, 2.45) is 23.6 Å². The van der Waals surface area contributed by atoms with Gasteiger partial charge in [0.2, 0.25) is 0 Å². The van der Waals surface area contributed by atoms with Crippen LogP contribution >= 0.6 is 0 Å². The van der Waals surface area contributed by atoms with Crippen LogP contribution in [-0.2, 0) is 6.42 Å². The van der Waals surface area contributed by atoms with Crippen LogP contribution in [0.15, 0.2) is 22.8 Å². The molecule has 1 saturated carbocycles. The predicted octanol–water partition coefficient (Wildman–Crippen LogP) is 3.12. The van der Waals surface area contributed by atoms with Gasteiger partial charge in [0.1, 0.15) is 5.76 Å². The summed E-state index contributed by atoms with van der Waals surface area (Å²) in [7, 11) is 0. The van der Waals surface area contributed by atoms with Gasteiger partial charge in [0.25, 0.3) is 0 Å². The van der Waals surface area contributed by atoms with E-state index in [4.69, 9.17) is 10.3 Å². The molecule has 0 bridgehead atoms. The lowest BCUT2D eigenvalue weighted by molar-refractivity contribution is 0.185. The van der Waals surface area contributed by atoms with E-state index in [0.29, 0.717) is 12.0 Å². The number of hydrogen-bond acceptors (Lipinski definition) is 3. The van der Waals surface area contributed by atoms with Crippen molar-refractivity contribution in [3.8, 4) is 0 Å². The van der Waals surface area contributed by atoms with Crippen molar-refractivity contribution in [1.82, 2.24) is 5.43 Å². The maximum Gasteiger partial charge on any atom is 0.105 e. The van der Waals surface area contributed by atoms with Crippen LogP contribution in [0.4, 0.5) is 0 Å². The molecule has 3 heteroatoms. The molecular weight excluding hydrogens is 224 g/mol. The Bertz CT molecular complexity index is 326. The first-order valence-corrected chi connectivity index (χ1v) is 7.19. The molecule has 18 heavy (non-hydrogen) atoms. The van der Waals surface area contributed by atoms with E-state index in [1.165, 1.54) is 25.7 Å². The molecule has 3 N–H and O–H groups in total. The minimum absolute atomic E-state index is 0.351. The minimum Gasteiger partial charge on any atom is -0.469 e. The molecule has 2 rings (SSSR count). The maximum atomic E-state index is 5.72. The topological polar surface area (TPSA) is 51.2 Å². The van der Waals surface area contributed by atoms with Gasteiger partial charge in [-0.3, -0.25) is 11.3 Å². The first-order valence-electron chi connectivity index (χ1n) is 7.19. The van der Waals surface area contributed by atoms with E-state index in [1.807, 2.05) is 12.1 Å². The standard InChI is InChI=1S/C15H26N2O/c1-11(2)12-5-7-13(8-6-12)15(17-16)10-14-4-3-9-18-14/h3-4,9,11-13,15,17H,5-8,10,16H2,1-2H3. The SMILES string of the molecule is CC(C)C1CCC(C(Cc2ccco2)NN)CC1.